The lowest BCUT2D eigenvalue weighted by Crippen LogP contribution is -2.21. The van der Waals surface area contributed by atoms with E-state index in [2.05, 4.69) is 0 Å². The van der Waals surface area contributed by atoms with Gasteiger partial charge in [-0.3, -0.25) is 0 Å². The summed E-state index contributed by atoms with van der Waals surface area (Å²) in [6.07, 6.45) is -5.08. The summed E-state index contributed by atoms with van der Waals surface area (Å²) in [5, 5.41) is 9.96. The number of anilines is 1. The number of halogens is 3. The van der Waals surface area contributed by atoms with Gasteiger partial charge in [-0.25, -0.2) is 4.79 Å². The van der Waals surface area contributed by atoms with Crippen molar-refractivity contribution in [1.29, 1.82) is 0 Å². The molecule has 0 spiro atoms. The molecule has 7 heteroatoms. The second-order valence-electron chi connectivity index (χ2n) is 1.82. The molecule has 0 radical (unpaired) electrons. The van der Waals surface area contributed by atoms with Crippen LogP contribution in [-0.4, -0.2) is 17.3 Å². The molecule has 0 saturated heterocycles. The molecule has 3 nitrogen and oxygen atoms in total. The number of carboxylic acids is 1. The van der Waals surface area contributed by atoms with Gasteiger partial charge in [0.15, 0.2) is 0 Å². The first-order chi connectivity index (χ1) is 5.84. The SMILES string of the molecule is Nc1cccs1.O=C(O)C(F)(F)F. The fourth-order valence-corrected chi connectivity index (χ4v) is 0.763. The first-order valence-electron chi connectivity index (χ1n) is 2.93. The standard InChI is InChI=1S/C4H5NS.C2HF3O2/c5-4-2-1-3-6-4;3-2(4,5)1(6)7/h1-3H,5H2;(H,6,7). The van der Waals surface area contributed by atoms with Crippen LogP contribution in [0.3, 0.4) is 0 Å². The van der Waals surface area contributed by atoms with E-state index in [1.165, 1.54) is 0 Å². The molecule has 0 fully saturated rings. The summed E-state index contributed by atoms with van der Waals surface area (Å²) in [6.45, 7) is 0. The van der Waals surface area contributed by atoms with E-state index in [4.69, 9.17) is 15.6 Å². The number of nitrogens with two attached hydrogens (primary N) is 1. The van der Waals surface area contributed by atoms with Gasteiger partial charge in [0.2, 0.25) is 0 Å². The summed E-state index contributed by atoms with van der Waals surface area (Å²) in [5.74, 6) is -2.76. The molecule has 0 amide bonds. The molecule has 0 aromatic carbocycles. The van der Waals surface area contributed by atoms with Crippen LogP contribution in [0.5, 0.6) is 0 Å². The Hall–Kier alpha value is -1.24. The van der Waals surface area contributed by atoms with Crippen molar-refractivity contribution in [3.63, 3.8) is 0 Å². The average molecular weight is 213 g/mol. The molecule has 0 unspecified atom stereocenters. The molecule has 1 rings (SSSR count). The minimum absolute atomic E-state index is 0.884. The number of alkyl halides is 3. The number of thiophene rings is 1. The lowest BCUT2D eigenvalue weighted by atomic mass is 10.6. The molecule has 1 heterocycles. The molecule has 74 valence electrons. The molecule has 1 aromatic heterocycles. The summed E-state index contributed by atoms with van der Waals surface area (Å²) < 4.78 is 31.7. The Balaban J connectivity index is 0.000000223. The van der Waals surface area contributed by atoms with Crippen molar-refractivity contribution in [2.75, 3.05) is 5.73 Å². The summed E-state index contributed by atoms with van der Waals surface area (Å²) in [7, 11) is 0. The maximum absolute atomic E-state index is 10.6. The number of rotatable bonds is 0. The third-order valence-corrected chi connectivity index (χ3v) is 1.49. The van der Waals surface area contributed by atoms with E-state index in [0.717, 1.165) is 5.00 Å². The van der Waals surface area contributed by atoms with Gasteiger partial charge in [-0.2, -0.15) is 13.2 Å². The summed E-state index contributed by atoms with van der Waals surface area (Å²) in [4.78, 5) is 8.90. The number of carbonyl (C=O) groups is 1. The number of nitrogen functional groups attached to an aromatic ring is 1. The first-order valence-corrected chi connectivity index (χ1v) is 3.81. The monoisotopic (exact) mass is 213 g/mol. The fourth-order valence-electron chi connectivity index (χ4n) is 0.291. The van der Waals surface area contributed by atoms with Gasteiger partial charge in [0.1, 0.15) is 0 Å². The Labute approximate surface area is 75.6 Å². The molecule has 0 aliphatic rings. The minimum atomic E-state index is -5.08. The zero-order valence-corrected chi connectivity index (χ0v) is 7.02. The van der Waals surface area contributed by atoms with E-state index in [0.29, 0.717) is 0 Å². The molecule has 13 heavy (non-hydrogen) atoms. The third-order valence-electron chi connectivity index (χ3n) is 0.786. The van der Waals surface area contributed by atoms with Crippen molar-refractivity contribution in [1.82, 2.24) is 0 Å². The molecular formula is C6H6F3NO2S. The molecule has 0 bridgehead atoms. The van der Waals surface area contributed by atoms with Crippen molar-refractivity contribution in [3.8, 4) is 0 Å². The zero-order chi connectivity index (χ0) is 10.5. The van der Waals surface area contributed by atoms with Gasteiger partial charge in [-0.1, -0.05) is 0 Å². The Morgan fingerprint density at radius 2 is 2.00 bits per heavy atom. The van der Waals surface area contributed by atoms with E-state index >= 15 is 0 Å². The molecule has 1 aromatic rings. The van der Waals surface area contributed by atoms with E-state index in [9.17, 15) is 13.2 Å². The van der Waals surface area contributed by atoms with Crippen LogP contribution in [0.25, 0.3) is 0 Å². The Morgan fingerprint density at radius 3 is 2.08 bits per heavy atom. The molecule has 0 atom stereocenters. The van der Waals surface area contributed by atoms with Crippen LogP contribution in [0, 0.1) is 0 Å². The number of aliphatic carboxylic acids is 1. The maximum Gasteiger partial charge on any atom is 0.490 e. The lowest BCUT2D eigenvalue weighted by Gasteiger charge is -1.93. The van der Waals surface area contributed by atoms with E-state index in [1.807, 2.05) is 17.5 Å². The Bertz CT molecular complexity index is 257. The molecule has 3 N–H and O–H groups in total. The zero-order valence-electron chi connectivity index (χ0n) is 6.21. The predicted octanol–water partition coefficient (Wildman–Crippen LogP) is 1.96. The highest BCUT2D eigenvalue weighted by atomic mass is 32.1. The number of hydrogen-bond donors (Lipinski definition) is 2. The average Bonchev–Trinajstić information content (AvgIpc) is 2.38. The van der Waals surface area contributed by atoms with Crippen molar-refractivity contribution >= 4 is 22.3 Å². The predicted molar refractivity (Wildman–Crippen MR) is 42.4 cm³/mol. The van der Waals surface area contributed by atoms with Crippen molar-refractivity contribution < 1.29 is 23.1 Å². The van der Waals surface area contributed by atoms with Gasteiger partial charge < -0.3 is 10.8 Å². The molecular weight excluding hydrogens is 207 g/mol. The number of hydrogen-bond acceptors (Lipinski definition) is 3. The van der Waals surface area contributed by atoms with Gasteiger partial charge >= 0.3 is 12.1 Å². The van der Waals surface area contributed by atoms with Crippen LogP contribution in [-0.2, 0) is 4.79 Å². The Kier molecular flexibility index (Phi) is 4.26. The molecule has 0 aliphatic carbocycles. The topological polar surface area (TPSA) is 63.3 Å². The second-order valence-corrected chi connectivity index (χ2v) is 2.80. The van der Waals surface area contributed by atoms with Crippen molar-refractivity contribution in [3.05, 3.63) is 17.5 Å². The van der Waals surface area contributed by atoms with Gasteiger partial charge in [-0.15, -0.1) is 11.3 Å². The van der Waals surface area contributed by atoms with Gasteiger partial charge in [-0.05, 0) is 17.5 Å². The van der Waals surface area contributed by atoms with Crippen LogP contribution in [0.2, 0.25) is 0 Å². The van der Waals surface area contributed by atoms with E-state index in [1.54, 1.807) is 11.3 Å². The van der Waals surface area contributed by atoms with E-state index in [-0.39, 0.29) is 0 Å². The quantitative estimate of drug-likeness (QED) is 0.692. The van der Waals surface area contributed by atoms with Gasteiger partial charge in [0.05, 0.1) is 5.00 Å². The minimum Gasteiger partial charge on any atom is -0.475 e. The third kappa shape index (κ3) is 5.97. The van der Waals surface area contributed by atoms with Gasteiger partial charge in [0, 0.05) is 0 Å². The van der Waals surface area contributed by atoms with Crippen LogP contribution in [0.1, 0.15) is 0 Å². The largest absolute Gasteiger partial charge is 0.490 e. The summed E-state index contributed by atoms with van der Waals surface area (Å²) in [5.41, 5.74) is 5.30. The second kappa shape index (κ2) is 4.70. The van der Waals surface area contributed by atoms with Crippen molar-refractivity contribution in [2.24, 2.45) is 0 Å². The molecule has 0 aliphatic heterocycles. The lowest BCUT2D eigenvalue weighted by molar-refractivity contribution is -0.192. The number of carboxylic acid groups (broad SMARTS) is 1. The summed E-state index contributed by atoms with van der Waals surface area (Å²) in [6, 6.07) is 3.81. The first kappa shape index (κ1) is 11.8. The highest BCUT2D eigenvalue weighted by Crippen LogP contribution is 2.13. The Morgan fingerprint density at radius 1 is 1.54 bits per heavy atom. The fraction of sp³-hybridized carbons (Fsp3) is 0.167. The summed E-state index contributed by atoms with van der Waals surface area (Å²) >= 11 is 1.56. The van der Waals surface area contributed by atoms with E-state index < -0.39 is 12.1 Å². The normalized spacial score (nSPS) is 10.1. The highest BCUT2D eigenvalue weighted by molar-refractivity contribution is 7.13. The van der Waals surface area contributed by atoms with Crippen LogP contribution in [0.15, 0.2) is 17.5 Å². The van der Waals surface area contributed by atoms with Crippen LogP contribution in [0.4, 0.5) is 18.2 Å². The van der Waals surface area contributed by atoms with Gasteiger partial charge in [0.25, 0.3) is 0 Å². The van der Waals surface area contributed by atoms with Crippen LogP contribution < -0.4 is 5.73 Å². The molecule has 0 saturated carbocycles. The smallest absolute Gasteiger partial charge is 0.475 e. The van der Waals surface area contributed by atoms with Crippen LogP contribution >= 0.6 is 11.3 Å². The van der Waals surface area contributed by atoms with Crippen molar-refractivity contribution in [2.45, 2.75) is 6.18 Å². The highest BCUT2D eigenvalue weighted by Gasteiger charge is 2.38. The maximum atomic E-state index is 10.6.